The third kappa shape index (κ3) is 3.80. The van der Waals surface area contributed by atoms with Crippen LogP contribution in [0.4, 0.5) is 13.2 Å². The highest BCUT2D eigenvalue weighted by Crippen LogP contribution is 2.39. The number of hydrogen-bond acceptors (Lipinski definition) is 4. The molecule has 1 aromatic heterocycles. The predicted octanol–water partition coefficient (Wildman–Crippen LogP) is 6.00. The number of allylic oxidation sites excluding steroid dienone is 1. The lowest BCUT2D eigenvalue weighted by atomic mass is 10.1. The molecule has 0 unspecified atom stereocenters. The quantitative estimate of drug-likeness (QED) is 0.490. The van der Waals surface area contributed by atoms with E-state index in [0.29, 0.717) is 30.9 Å². The van der Waals surface area contributed by atoms with E-state index in [9.17, 15) is 13.2 Å². The molecular formula is C18H9Cl2F3N4S. The maximum atomic E-state index is 13.3. The van der Waals surface area contributed by atoms with Crippen molar-refractivity contribution in [2.45, 2.75) is 11.3 Å². The molecule has 0 amide bonds. The Balaban J connectivity index is 1.89. The van der Waals surface area contributed by atoms with Crippen molar-refractivity contribution in [3.63, 3.8) is 0 Å². The lowest BCUT2D eigenvalue weighted by molar-refractivity contribution is -0.147. The molecule has 0 saturated heterocycles. The number of halogens is 5. The van der Waals surface area contributed by atoms with Crippen LogP contribution in [0, 0.1) is 0 Å². The summed E-state index contributed by atoms with van der Waals surface area (Å²) in [5.74, 6) is -1.19. The van der Waals surface area contributed by atoms with E-state index in [1.54, 1.807) is 54.6 Å². The molecule has 4 nitrogen and oxygen atoms in total. The summed E-state index contributed by atoms with van der Waals surface area (Å²) >= 11 is 12.9. The second kappa shape index (κ2) is 7.27. The molecule has 3 aromatic rings. The van der Waals surface area contributed by atoms with Gasteiger partial charge in [0, 0.05) is 20.5 Å². The zero-order chi connectivity index (χ0) is 19.9. The fourth-order valence-corrected chi connectivity index (χ4v) is 3.67. The lowest BCUT2D eigenvalue weighted by Gasteiger charge is -2.06. The van der Waals surface area contributed by atoms with E-state index >= 15 is 0 Å². The average molecular weight is 441 g/mol. The summed E-state index contributed by atoms with van der Waals surface area (Å²) in [5, 5.41) is 12.2. The highest BCUT2D eigenvalue weighted by molar-refractivity contribution is 8.08. The van der Waals surface area contributed by atoms with Gasteiger partial charge in [-0.2, -0.15) is 22.9 Å². The fourth-order valence-electron chi connectivity index (χ4n) is 2.50. The highest BCUT2D eigenvalue weighted by atomic mass is 35.5. The molecule has 142 valence electrons. The molecule has 0 bridgehead atoms. The van der Waals surface area contributed by atoms with Gasteiger partial charge in [0.2, 0.25) is 5.16 Å². The molecule has 4 rings (SSSR count). The summed E-state index contributed by atoms with van der Waals surface area (Å²) in [6, 6.07) is 13.6. The van der Waals surface area contributed by atoms with E-state index < -0.39 is 12.0 Å². The first-order valence-electron chi connectivity index (χ1n) is 7.84. The minimum atomic E-state index is -4.69. The Labute approximate surface area is 171 Å². The first kappa shape index (κ1) is 19.0. The number of nitrogens with zero attached hydrogens (tertiary/aromatic N) is 4. The third-order valence-corrected chi connectivity index (χ3v) is 5.33. The molecular weight excluding hydrogens is 432 g/mol. The zero-order valence-corrected chi connectivity index (χ0v) is 16.1. The van der Waals surface area contributed by atoms with E-state index in [-0.39, 0.29) is 5.16 Å². The van der Waals surface area contributed by atoms with Crippen molar-refractivity contribution in [2.75, 3.05) is 0 Å². The zero-order valence-electron chi connectivity index (χ0n) is 13.8. The average Bonchev–Trinajstić information content (AvgIpc) is 2.95. The summed E-state index contributed by atoms with van der Waals surface area (Å²) in [6.45, 7) is 0. The number of rotatable bonds is 2. The van der Waals surface area contributed by atoms with Crippen molar-refractivity contribution >= 4 is 45.6 Å². The van der Waals surface area contributed by atoms with Crippen LogP contribution in [-0.2, 0) is 6.18 Å². The van der Waals surface area contributed by atoms with Crippen LogP contribution in [0.5, 0.6) is 0 Å². The van der Waals surface area contributed by atoms with E-state index in [1.165, 1.54) is 0 Å². The van der Waals surface area contributed by atoms with Gasteiger partial charge < -0.3 is 0 Å². The maximum absolute atomic E-state index is 13.3. The number of alkyl halides is 3. The van der Waals surface area contributed by atoms with E-state index in [0.717, 1.165) is 17.3 Å². The van der Waals surface area contributed by atoms with Crippen LogP contribution in [-0.4, -0.2) is 20.6 Å². The van der Waals surface area contributed by atoms with Crippen molar-refractivity contribution < 1.29 is 13.2 Å². The first-order valence-corrected chi connectivity index (χ1v) is 9.41. The van der Waals surface area contributed by atoms with Crippen molar-refractivity contribution in [1.82, 2.24) is 14.9 Å². The van der Waals surface area contributed by atoms with Gasteiger partial charge in [-0.1, -0.05) is 47.5 Å². The summed E-state index contributed by atoms with van der Waals surface area (Å²) in [5.41, 5.74) is 1.69. The SMILES string of the molecule is FC(F)(F)c1nnc2n1N=C(c1ccc(Cl)cc1)C=C(c1ccc(Cl)cc1)S2. The normalized spacial score (nSPS) is 14.2. The lowest BCUT2D eigenvalue weighted by Crippen LogP contribution is -2.14. The van der Waals surface area contributed by atoms with Gasteiger partial charge in [0.15, 0.2) is 0 Å². The van der Waals surface area contributed by atoms with Crippen LogP contribution in [0.2, 0.25) is 10.0 Å². The van der Waals surface area contributed by atoms with Gasteiger partial charge in [-0.15, -0.1) is 10.2 Å². The second-order valence-corrected chi connectivity index (χ2v) is 7.61. The predicted molar refractivity (Wildman–Crippen MR) is 104 cm³/mol. The Bertz CT molecular complexity index is 1090. The Morgan fingerprint density at radius 2 is 1.39 bits per heavy atom. The molecule has 0 spiro atoms. The Hall–Kier alpha value is -2.29. The topological polar surface area (TPSA) is 43.1 Å². The molecule has 2 aromatic carbocycles. The van der Waals surface area contributed by atoms with Crippen molar-refractivity contribution in [2.24, 2.45) is 5.10 Å². The molecule has 0 radical (unpaired) electrons. The Morgan fingerprint density at radius 1 is 0.821 bits per heavy atom. The monoisotopic (exact) mass is 440 g/mol. The van der Waals surface area contributed by atoms with Gasteiger partial charge in [0.25, 0.3) is 5.82 Å². The number of benzene rings is 2. The minimum Gasteiger partial charge on any atom is -0.182 e. The van der Waals surface area contributed by atoms with Crippen LogP contribution in [0.15, 0.2) is 64.9 Å². The standard InChI is InChI=1S/C18H9Cl2F3N4S/c19-12-5-1-10(2-6-12)14-9-15(11-3-7-13(20)8-4-11)28-17-25-24-16(18(21,22)23)27(17)26-14/h1-9H. The van der Waals surface area contributed by atoms with Gasteiger partial charge in [-0.05, 0) is 47.7 Å². The molecule has 0 atom stereocenters. The molecule has 2 heterocycles. The van der Waals surface area contributed by atoms with E-state index in [1.807, 2.05) is 0 Å². The van der Waals surface area contributed by atoms with Crippen molar-refractivity contribution in [3.8, 4) is 0 Å². The van der Waals surface area contributed by atoms with Crippen LogP contribution in [0.25, 0.3) is 4.91 Å². The number of hydrogen-bond donors (Lipinski definition) is 0. The summed E-state index contributed by atoms with van der Waals surface area (Å²) in [7, 11) is 0. The minimum absolute atomic E-state index is 0.0116. The van der Waals surface area contributed by atoms with Gasteiger partial charge in [0.1, 0.15) is 0 Å². The summed E-state index contributed by atoms with van der Waals surface area (Å²) < 4.78 is 40.7. The Kier molecular flexibility index (Phi) is 4.95. The molecule has 28 heavy (non-hydrogen) atoms. The number of aromatic nitrogens is 3. The molecule has 1 aliphatic rings. The van der Waals surface area contributed by atoms with Crippen LogP contribution >= 0.6 is 35.0 Å². The van der Waals surface area contributed by atoms with Crippen LogP contribution in [0.1, 0.15) is 17.0 Å². The van der Waals surface area contributed by atoms with Crippen molar-refractivity contribution in [3.05, 3.63) is 81.6 Å². The van der Waals surface area contributed by atoms with Gasteiger partial charge in [0.05, 0.1) is 5.71 Å². The molecule has 10 heteroatoms. The molecule has 0 N–H and O–H groups in total. The summed E-state index contributed by atoms with van der Waals surface area (Å²) in [4.78, 5) is 0.658. The second-order valence-electron chi connectivity index (χ2n) is 5.73. The fraction of sp³-hybridized carbons (Fsp3) is 0.0556. The molecule has 0 aliphatic carbocycles. The third-order valence-electron chi connectivity index (χ3n) is 3.81. The molecule has 0 saturated carbocycles. The maximum Gasteiger partial charge on any atom is 0.453 e. The molecule has 1 aliphatic heterocycles. The van der Waals surface area contributed by atoms with Gasteiger partial charge >= 0.3 is 6.18 Å². The number of thioether (sulfide) groups is 1. The Morgan fingerprint density at radius 3 is 1.96 bits per heavy atom. The number of fused-ring (bicyclic) bond motifs is 1. The van der Waals surface area contributed by atoms with Gasteiger partial charge in [-0.25, -0.2) is 0 Å². The van der Waals surface area contributed by atoms with E-state index in [2.05, 4.69) is 15.3 Å². The first-order chi connectivity index (χ1) is 13.3. The van der Waals surface area contributed by atoms with E-state index in [4.69, 9.17) is 23.2 Å². The van der Waals surface area contributed by atoms with Crippen molar-refractivity contribution in [1.29, 1.82) is 0 Å². The van der Waals surface area contributed by atoms with Gasteiger partial charge in [-0.3, -0.25) is 0 Å². The molecule has 0 fully saturated rings. The van der Waals surface area contributed by atoms with Crippen LogP contribution < -0.4 is 0 Å². The largest absolute Gasteiger partial charge is 0.453 e. The highest BCUT2D eigenvalue weighted by Gasteiger charge is 2.39. The van der Waals surface area contributed by atoms with Crippen LogP contribution in [0.3, 0.4) is 0 Å². The summed E-state index contributed by atoms with van der Waals surface area (Å²) in [6.07, 6.45) is -2.99. The smallest absolute Gasteiger partial charge is 0.182 e.